The molecule has 5 nitrogen and oxygen atoms in total. The number of hydrogen-bond acceptors (Lipinski definition) is 3. The minimum absolute atomic E-state index is 0.0717. The zero-order valence-corrected chi connectivity index (χ0v) is 17.0. The minimum Gasteiger partial charge on any atom is -0.349 e. The van der Waals surface area contributed by atoms with Crippen molar-refractivity contribution in [2.45, 2.75) is 36.6 Å². The number of anilines is 1. The van der Waals surface area contributed by atoms with E-state index in [4.69, 9.17) is 11.6 Å². The number of para-hydroxylation sites is 1. The van der Waals surface area contributed by atoms with E-state index in [0.29, 0.717) is 5.69 Å². The first kappa shape index (κ1) is 20.4. The first-order valence-corrected chi connectivity index (χ1v) is 11.0. The average molecular weight is 419 g/mol. The molecule has 1 saturated carbocycles. The van der Waals surface area contributed by atoms with Crippen LogP contribution >= 0.6 is 11.6 Å². The Morgan fingerprint density at radius 3 is 2.50 bits per heavy atom. The lowest BCUT2D eigenvalue weighted by Gasteiger charge is -2.24. The van der Waals surface area contributed by atoms with Gasteiger partial charge in [0.1, 0.15) is 4.90 Å². The van der Waals surface area contributed by atoms with E-state index >= 15 is 0 Å². The topological polar surface area (TPSA) is 66.5 Å². The standard InChI is InChI=1S/C21H23ClN2O3S/c1-2-14-24(18-10-4-3-5-11-18)28(26,27)20-15-16(12-13-19(20)22)21(25)23-17-8-6-7-9-17/h2-5,10-13,15,17H,1,6-9,14H2,(H,23,25). The fourth-order valence-corrected chi connectivity index (χ4v) is 5.29. The van der Waals surface area contributed by atoms with Crippen LogP contribution in [0.25, 0.3) is 0 Å². The minimum atomic E-state index is -3.98. The van der Waals surface area contributed by atoms with E-state index in [1.807, 2.05) is 6.07 Å². The molecule has 0 heterocycles. The summed E-state index contributed by atoms with van der Waals surface area (Å²) in [6.07, 6.45) is 5.60. The van der Waals surface area contributed by atoms with Crippen LogP contribution in [0.15, 0.2) is 66.1 Å². The summed E-state index contributed by atoms with van der Waals surface area (Å²) in [6.45, 7) is 3.74. The zero-order chi connectivity index (χ0) is 20.1. The van der Waals surface area contributed by atoms with E-state index in [1.54, 1.807) is 30.3 Å². The van der Waals surface area contributed by atoms with Crippen LogP contribution < -0.4 is 9.62 Å². The fourth-order valence-electron chi connectivity index (χ4n) is 3.35. The maximum Gasteiger partial charge on any atom is 0.266 e. The van der Waals surface area contributed by atoms with Crippen molar-refractivity contribution in [3.05, 3.63) is 71.8 Å². The summed E-state index contributed by atoms with van der Waals surface area (Å²) in [4.78, 5) is 12.5. The molecule has 0 aliphatic heterocycles. The van der Waals surface area contributed by atoms with Gasteiger partial charge in [0.05, 0.1) is 17.3 Å². The molecule has 0 atom stereocenters. The van der Waals surface area contributed by atoms with E-state index in [-0.39, 0.29) is 34.0 Å². The molecule has 2 aromatic rings. The van der Waals surface area contributed by atoms with Crippen LogP contribution in [0.4, 0.5) is 5.69 Å². The molecular formula is C21H23ClN2O3S. The van der Waals surface area contributed by atoms with Gasteiger partial charge in [-0.2, -0.15) is 0 Å². The Labute approximate surface area is 171 Å². The lowest BCUT2D eigenvalue weighted by molar-refractivity contribution is 0.0937. The second-order valence-corrected chi connectivity index (χ2v) is 9.00. The SMILES string of the molecule is C=CCN(c1ccccc1)S(=O)(=O)c1cc(C(=O)NC2CCCC2)ccc1Cl. The lowest BCUT2D eigenvalue weighted by atomic mass is 10.2. The number of nitrogens with zero attached hydrogens (tertiary/aromatic N) is 1. The van der Waals surface area contributed by atoms with E-state index in [1.165, 1.54) is 22.5 Å². The van der Waals surface area contributed by atoms with Gasteiger partial charge in [-0.05, 0) is 43.2 Å². The molecule has 0 saturated heterocycles. The molecule has 148 valence electrons. The van der Waals surface area contributed by atoms with Crippen LogP contribution in [-0.2, 0) is 10.0 Å². The summed E-state index contributed by atoms with van der Waals surface area (Å²) in [5.74, 6) is -0.282. The third kappa shape index (κ3) is 4.39. The summed E-state index contributed by atoms with van der Waals surface area (Å²) < 4.78 is 27.9. The highest BCUT2D eigenvalue weighted by molar-refractivity contribution is 7.93. The van der Waals surface area contributed by atoms with E-state index in [2.05, 4.69) is 11.9 Å². The van der Waals surface area contributed by atoms with Gasteiger partial charge in [-0.25, -0.2) is 8.42 Å². The molecule has 0 bridgehead atoms. The fraction of sp³-hybridized carbons (Fsp3) is 0.286. The monoisotopic (exact) mass is 418 g/mol. The summed E-state index contributed by atoms with van der Waals surface area (Å²) in [5.41, 5.74) is 0.778. The molecule has 0 radical (unpaired) electrons. The highest BCUT2D eigenvalue weighted by Crippen LogP contribution is 2.29. The van der Waals surface area contributed by atoms with Gasteiger partial charge in [-0.1, -0.05) is 48.7 Å². The van der Waals surface area contributed by atoms with Gasteiger partial charge in [0.2, 0.25) is 0 Å². The van der Waals surface area contributed by atoms with Crippen LogP contribution in [-0.4, -0.2) is 26.9 Å². The predicted molar refractivity (Wildman–Crippen MR) is 112 cm³/mol. The molecule has 28 heavy (non-hydrogen) atoms. The number of carbonyl (C=O) groups is 1. The number of halogens is 1. The number of hydrogen-bond donors (Lipinski definition) is 1. The normalized spacial score (nSPS) is 14.6. The van der Waals surface area contributed by atoms with Gasteiger partial charge in [0, 0.05) is 11.6 Å². The van der Waals surface area contributed by atoms with Gasteiger partial charge in [0.25, 0.3) is 15.9 Å². The molecule has 1 N–H and O–H groups in total. The molecule has 0 spiro atoms. The predicted octanol–water partition coefficient (Wildman–Crippen LogP) is 4.39. The van der Waals surface area contributed by atoms with Crippen LogP contribution in [0.2, 0.25) is 5.02 Å². The van der Waals surface area contributed by atoms with Crippen LogP contribution in [0.1, 0.15) is 36.0 Å². The summed E-state index contributed by atoms with van der Waals surface area (Å²) in [7, 11) is -3.98. The molecule has 1 aliphatic carbocycles. The highest BCUT2D eigenvalue weighted by Gasteiger charge is 2.28. The van der Waals surface area contributed by atoms with Crippen LogP contribution in [0.5, 0.6) is 0 Å². The maximum atomic E-state index is 13.3. The second kappa shape index (κ2) is 8.80. The van der Waals surface area contributed by atoms with E-state index < -0.39 is 10.0 Å². The Morgan fingerprint density at radius 2 is 1.86 bits per heavy atom. The average Bonchev–Trinajstić information content (AvgIpc) is 3.19. The van der Waals surface area contributed by atoms with Gasteiger partial charge < -0.3 is 5.32 Å². The van der Waals surface area contributed by atoms with E-state index in [9.17, 15) is 13.2 Å². The number of rotatable bonds is 7. The zero-order valence-electron chi connectivity index (χ0n) is 15.5. The Balaban J connectivity index is 1.96. The third-order valence-corrected chi connectivity index (χ3v) is 7.07. The molecule has 3 rings (SSSR count). The molecule has 7 heteroatoms. The van der Waals surface area contributed by atoms with Gasteiger partial charge >= 0.3 is 0 Å². The third-order valence-electron chi connectivity index (χ3n) is 4.79. The number of amides is 1. The molecule has 0 aromatic heterocycles. The summed E-state index contributed by atoms with van der Waals surface area (Å²) in [6, 6.07) is 13.2. The van der Waals surface area contributed by atoms with Crippen molar-refractivity contribution in [2.24, 2.45) is 0 Å². The Kier molecular flexibility index (Phi) is 6.42. The first-order valence-electron chi connectivity index (χ1n) is 9.22. The largest absolute Gasteiger partial charge is 0.349 e. The van der Waals surface area contributed by atoms with Crippen molar-refractivity contribution in [3.8, 4) is 0 Å². The smallest absolute Gasteiger partial charge is 0.266 e. The summed E-state index contributed by atoms with van der Waals surface area (Å²) >= 11 is 6.22. The number of sulfonamides is 1. The highest BCUT2D eigenvalue weighted by atomic mass is 35.5. The van der Waals surface area contributed by atoms with Gasteiger partial charge in [0.15, 0.2) is 0 Å². The number of carbonyl (C=O) groups excluding carboxylic acids is 1. The van der Waals surface area contributed by atoms with Crippen molar-refractivity contribution in [1.82, 2.24) is 5.32 Å². The number of nitrogens with one attached hydrogen (secondary N) is 1. The quantitative estimate of drug-likeness (QED) is 0.678. The maximum absolute atomic E-state index is 13.3. The second-order valence-electron chi connectivity index (χ2n) is 6.76. The van der Waals surface area contributed by atoms with Gasteiger partial charge in [-0.15, -0.1) is 6.58 Å². The van der Waals surface area contributed by atoms with Crippen molar-refractivity contribution < 1.29 is 13.2 Å². The molecular weight excluding hydrogens is 396 g/mol. The van der Waals surface area contributed by atoms with Crippen molar-refractivity contribution >= 4 is 33.2 Å². The Morgan fingerprint density at radius 1 is 1.18 bits per heavy atom. The van der Waals surface area contributed by atoms with E-state index in [0.717, 1.165) is 25.7 Å². The van der Waals surface area contributed by atoms with Crippen molar-refractivity contribution in [1.29, 1.82) is 0 Å². The Bertz CT molecular complexity index is 955. The van der Waals surface area contributed by atoms with Crippen molar-refractivity contribution in [3.63, 3.8) is 0 Å². The Hall–Kier alpha value is -2.31. The number of benzene rings is 2. The molecule has 0 unspecified atom stereocenters. The summed E-state index contributed by atoms with van der Waals surface area (Å²) in [5, 5.41) is 3.04. The molecule has 2 aromatic carbocycles. The lowest BCUT2D eigenvalue weighted by Crippen LogP contribution is -2.33. The van der Waals surface area contributed by atoms with Crippen molar-refractivity contribution in [2.75, 3.05) is 10.8 Å². The van der Waals surface area contributed by atoms with Crippen LogP contribution in [0.3, 0.4) is 0 Å². The molecule has 1 fully saturated rings. The molecule has 1 amide bonds. The molecule has 1 aliphatic rings. The van der Waals surface area contributed by atoms with Crippen LogP contribution in [0, 0.1) is 0 Å². The first-order chi connectivity index (χ1) is 13.4. The van der Waals surface area contributed by atoms with Gasteiger partial charge in [-0.3, -0.25) is 9.10 Å².